The molecule has 1 atom stereocenters. The first kappa shape index (κ1) is 47.3. The van der Waals surface area contributed by atoms with Gasteiger partial charge in [-0.15, -0.1) is 0 Å². The minimum Gasteiger partial charge on any atom is -0.462 e. The molecule has 0 aromatic heterocycles. The van der Waals surface area contributed by atoms with Crippen LogP contribution in [0, 0.1) is 0 Å². The molecule has 57 heavy (non-hydrogen) atoms. The minimum atomic E-state index is -1.20. The van der Waals surface area contributed by atoms with Crippen LogP contribution in [0.15, 0.2) is 60.7 Å². The van der Waals surface area contributed by atoms with Crippen LogP contribution in [-0.4, -0.2) is 111 Å². The van der Waals surface area contributed by atoms with E-state index < -0.39 is 35.6 Å². The van der Waals surface area contributed by atoms with Gasteiger partial charge in [0.2, 0.25) is 12.3 Å². The van der Waals surface area contributed by atoms with Gasteiger partial charge in [0.1, 0.15) is 6.04 Å². The van der Waals surface area contributed by atoms with Crippen LogP contribution in [0.25, 0.3) is 0 Å². The second-order valence-electron chi connectivity index (χ2n) is 12.8. The third-order valence-electron chi connectivity index (χ3n) is 8.82. The number of esters is 2. The molecule has 0 saturated heterocycles. The number of benzene rings is 3. The molecule has 3 rings (SSSR count). The molecule has 0 heterocycles. The Kier molecular flexibility index (Phi) is 21.0. The van der Waals surface area contributed by atoms with E-state index in [4.69, 9.17) is 20.9 Å². The number of nitrogen functional groups attached to an aromatic ring is 1. The number of nitrogens with zero attached hydrogens (tertiary/aromatic N) is 2. The molecule has 0 spiro atoms. The van der Waals surface area contributed by atoms with Crippen LogP contribution in [0.5, 0.6) is 0 Å². The predicted octanol–water partition coefficient (Wildman–Crippen LogP) is 4.45. The van der Waals surface area contributed by atoms with Crippen LogP contribution in [0.2, 0.25) is 0 Å². The highest BCUT2D eigenvalue weighted by atomic mass is 16.5. The molecule has 0 fully saturated rings. The first-order valence-electron chi connectivity index (χ1n) is 19.0. The van der Waals surface area contributed by atoms with Crippen molar-refractivity contribution in [2.45, 2.75) is 53.5 Å². The van der Waals surface area contributed by atoms with Gasteiger partial charge in [-0.1, -0.05) is 27.7 Å². The van der Waals surface area contributed by atoms with Crippen molar-refractivity contribution < 1.29 is 38.2 Å². The van der Waals surface area contributed by atoms with Crippen molar-refractivity contribution in [3.05, 3.63) is 77.4 Å². The van der Waals surface area contributed by atoms with Crippen LogP contribution in [0.1, 0.15) is 78.5 Å². The molecule has 16 nitrogen and oxygen atoms in total. The highest BCUT2D eigenvalue weighted by Crippen LogP contribution is 2.25. The molecule has 0 aliphatic rings. The standard InChI is InChI=1S/C29H42N4O5.C12H16N4O3/c1-5-32(6-2)15-9-17-37-28(35)23-19-24(29(36)38-18-10-16-33(7-3)8-4)21-26(20-23)31-27(34)22-11-13-25(30)14-12-22;1-7(18)11(13)12(19)16-8-3-4-9(14-2)10(5-8)15-6-17/h11-14,19-21H,5-10,15-18,30H2,1-4H3,(H,31,34);3-6,11,14H,13H2,1-2H3,(H,15,17)(H,16,19). The van der Waals surface area contributed by atoms with E-state index in [1.807, 2.05) is 0 Å². The zero-order valence-electron chi connectivity index (χ0n) is 33.8. The molecule has 0 bridgehead atoms. The summed E-state index contributed by atoms with van der Waals surface area (Å²) in [6, 6.07) is 14.6. The van der Waals surface area contributed by atoms with Crippen LogP contribution >= 0.6 is 0 Å². The maximum atomic E-state index is 12.8. The summed E-state index contributed by atoms with van der Waals surface area (Å²) in [7, 11) is 1.70. The molecule has 0 radical (unpaired) electrons. The topological polar surface area (TPSA) is 228 Å². The number of carbonyl (C=O) groups excluding carboxylic acids is 6. The summed E-state index contributed by atoms with van der Waals surface area (Å²) < 4.78 is 10.9. The van der Waals surface area contributed by atoms with E-state index >= 15 is 0 Å². The summed E-state index contributed by atoms with van der Waals surface area (Å²) in [6.45, 7) is 15.5. The highest BCUT2D eigenvalue weighted by molar-refractivity contribution is 6.10. The molecule has 0 aliphatic heterocycles. The molecule has 16 heteroatoms. The van der Waals surface area contributed by atoms with Gasteiger partial charge in [-0.2, -0.15) is 0 Å². The number of nitrogens with two attached hydrogens (primary N) is 2. The van der Waals surface area contributed by atoms with Gasteiger partial charge in [-0.3, -0.25) is 19.2 Å². The lowest BCUT2D eigenvalue weighted by Crippen LogP contribution is -2.41. The fraction of sp³-hybridized carbons (Fsp3) is 0.415. The summed E-state index contributed by atoms with van der Waals surface area (Å²) in [5.74, 6) is -2.54. The molecular weight excluding hydrogens is 732 g/mol. The lowest BCUT2D eigenvalue weighted by atomic mass is 10.1. The van der Waals surface area contributed by atoms with Crippen molar-refractivity contribution >= 4 is 64.4 Å². The maximum absolute atomic E-state index is 12.8. The number of Topliss-reactive ketones (excluding diaryl/α,β-unsaturated/α-hetero) is 1. The Morgan fingerprint density at radius 3 is 1.68 bits per heavy atom. The van der Waals surface area contributed by atoms with E-state index in [1.165, 1.54) is 25.1 Å². The van der Waals surface area contributed by atoms with Crippen LogP contribution in [0.4, 0.5) is 28.4 Å². The van der Waals surface area contributed by atoms with Crippen molar-refractivity contribution in [3.63, 3.8) is 0 Å². The Morgan fingerprint density at radius 2 is 1.23 bits per heavy atom. The molecule has 0 saturated carbocycles. The zero-order chi connectivity index (χ0) is 42.3. The van der Waals surface area contributed by atoms with E-state index in [9.17, 15) is 28.8 Å². The third-order valence-corrected chi connectivity index (χ3v) is 8.82. The number of ether oxygens (including phenoxy) is 2. The fourth-order valence-electron chi connectivity index (χ4n) is 5.35. The summed E-state index contributed by atoms with van der Waals surface area (Å²) in [5.41, 5.74) is 14.3. The highest BCUT2D eigenvalue weighted by Gasteiger charge is 2.19. The zero-order valence-corrected chi connectivity index (χ0v) is 33.8. The first-order chi connectivity index (χ1) is 27.3. The van der Waals surface area contributed by atoms with Gasteiger partial charge >= 0.3 is 11.9 Å². The van der Waals surface area contributed by atoms with Crippen LogP contribution < -0.4 is 32.7 Å². The summed E-state index contributed by atoms with van der Waals surface area (Å²) in [6.07, 6.45) is 1.92. The average molecular weight is 791 g/mol. The summed E-state index contributed by atoms with van der Waals surface area (Å²) in [5, 5.41) is 10.6. The monoisotopic (exact) mass is 790 g/mol. The molecule has 3 aromatic carbocycles. The smallest absolute Gasteiger partial charge is 0.338 e. The van der Waals surface area contributed by atoms with Crippen molar-refractivity contribution in [2.24, 2.45) is 5.73 Å². The van der Waals surface area contributed by atoms with E-state index in [-0.39, 0.29) is 24.3 Å². The van der Waals surface area contributed by atoms with Gasteiger partial charge in [0, 0.05) is 42.8 Å². The van der Waals surface area contributed by atoms with Crippen molar-refractivity contribution in [1.82, 2.24) is 9.80 Å². The van der Waals surface area contributed by atoms with E-state index in [1.54, 1.807) is 49.5 Å². The number of rotatable bonds is 22. The van der Waals surface area contributed by atoms with Gasteiger partial charge in [0.25, 0.3) is 5.91 Å². The molecule has 3 amide bonds. The third kappa shape index (κ3) is 16.4. The molecule has 8 N–H and O–H groups in total. The Bertz CT molecular complexity index is 1730. The molecular formula is C41H58N8O8. The van der Waals surface area contributed by atoms with Gasteiger partial charge in [0.15, 0.2) is 5.78 Å². The first-order valence-corrected chi connectivity index (χ1v) is 19.0. The average Bonchev–Trinajstić information content (AvgIpc) is 3.21. The minimum absolute atomic E-state index is 0.165. The number of nitrogens with one attached hydrogen (secondary N) is 4. The number of ketones is 1. The van der Waals surface area contributed by atoms with Crippen molar-refractivity contribution in [2.75, 3.05) is 86.5 Å². The maximum Gasteiger partial charge on any atom is 0.338 e. The van der Waals surface area contributed by atoms with E-state index in [2.05, 4.69) is 58.8 Å². The number of carbonyl (C=O) groups is 6. The Labute approximate surface area is 335 Å². The van der Waals surface area contributed by atoms with Crippen LogP contribution in [-0.2, 0) is 23.9 Å². The van der Waals surface area contributed by atoms with Gasteiger partial charge in [-0.25, -0.2) is 9.59 Å². The van der Waals surface area contributed by atoms with Crippen molar-refractivity contribution in [3.8, 4) is 0 Å². The predicted molar refractivity (Wildman–Crippen MR) is 224 cm³/mol. The summed E-state index contributed by atoms with van der Waals surface area (Å²) in [4.78, 5) is 76.0. The number of hydrogen-bond acceptors (Lipinski definition) is 13. The number of anilines is 5. The van der Waals surface area contributed by atoms with Gasteiger partial charge in [-0.05, 0) is 107 Å². The molecule has 3 aromatic rings. The largest absolute Gasteiger partial charge is 0.462 e. The number of amides is 3. The van der Waals surface area contributed by atoms with Crippen molar-refractivity contribution in [1.29, 1.82) is 0 Å². The Morgan fingerprint density at radius 1 is 0.702 bits per heavy atom. The lowest BCUT2D eigenvalue weighted by molar-refractivity contribution is -0.126. The molecule has 0 aliphatic carbocycles. The SMILES string of the molecule is CCN(CC)CCCOC(=O)c1cc(NC(=O)c2ccc(N)cc2)cc(C(=O)OCCCN(CC)CC)c1.CNc1ccc(NC(=O)C(N)C(C)=O)cc1NC=O. The van der Waals surface area contributed by atoms with Crippen LogP contribution in [0.3, 0.4) is 0 Å². The normalized spacial score (nSPS) is 11.1. The fourth-order valence-corrected chi connectivity index (χ4v) is 5.35. The Hall–Kier alpha value is -5.84. The second-order valence-corrected chi connectivity index (χ2v) is 12.8. The molecule has 1 unspecified atom stereocenters. The van der Waals surface area contributed by atoms with E-state index in [0.717, 1.165) is 39.3 Å². The van der Waals surface area contributed by atoms with Gasteiger partial charge < -0.3 is 52.0 Å². The van der Waals surface area contributed by atoms with E-state index in [0.29, 0.717) is 53.3 Å². The second kappa shape index (κ2) is 25.3. The number of hydrogen-bond donors (Lipinski definition) is 6. The Balaban J connectivity index is 0.000000494. The lowest BCUT2D eigenvalue weighted by Gasteiger charge is -2.18. The quantitative estimate of drug-likeness (QED) is 0.0272. The summed E-state index contributed by atoms with van der Waals surface area (Å²) >= 11 is 0. The molecule has 310 valence electrons. The van der Waals surface area contributed by atoms with Gasteiger partial charge in [0.05, 0.1) is 35.7 Å².